The first kappa shape index (κ1) is 37.2. The maximum Gasteiger partial charge on any atom is 0.242 e. The minimum Gasteiger partial charge on any atom is -0.368 e. The fraction of sp³-hybridized carbons (Fsp3) is 0.424. The molecule has 1 aliphatic rings. The fourth-order valence-electron chi connectivity index (χ4n) is 4.97. The summed E-state index contributed by atoms with van der Waals surface area (Å²) in [5.74, 6) is -3.97. The van der Waals surface area contributed by atoms with Gasteiger partial charge in [0, 0.05) is 25.9 Å². The number of hydrogen-bond donors (Lipinski definition) is 7. The molecule has 1 aliphatic heterocycles. The minimum atomic E-state index is -1.05. The second kappa shape index (κ2) is 20.0. The van der Waals surface area contributed by atoms with Crippen molar-refractivity contribution < 1.29 is 33.6 Å². The maximum atomic E-state index is 13.3. The molecule has 0 bridgehead atoms. The third-order valence-electron chi connectivity index (χ3n) is 7.54. The van der Waals surface area contributed by atoms with Gasteiger partial charge in [-0.1, -0.05) is 60.7 Å². The number of carbonyl (C=O) groups is 7. The zero-order valence-electron chi connectivity index (χ0n) is 26.8. The third-order valence-corrected chi connectivity index (χ3v) is 7.54. The number of rotatable bonds is 6. The number of benzene rings is 2. The van der Waals surface area contributed by atoms with Crippen molar-refractivity contribution in [3.63, 3.8) is 0 Å². The molecule has 15 heteroatoms. The van der Waals surface area contributed by atoms with Crippen molar-refractivity contribution >= 4 is 41.4 Å². The summed E-state index contributed by atoms with van der Waals surface area (Å²) in [6.45, 7) is -1.36. The van der Waals surface area contributed by atoms with E-state index < -0.39 is 67.2 Å². The van der Waals surface area contributed by atoms with Crippen molar-refractivity contribution in [2.75, 3.05) is 45.8 Å². The second-order valence-corrected chi connectivity index (χ2v) is 11.2. The molecule has 1 fully saturated rings. The zero-order valence-corrected chi connectivity index (χ0v) is 26.8. The molecule has 2 aromatic rings. The smallest absolute Gasteiger partial charge is 0.242 e. The number of carbonyl (C=O) groups excluding carboxylic acids is 7. The van der Waals surface area contributed by atoms with Crippen LogP contribution in [0.2, 0.25) is 0 Å². The summed E-state index contributed by atoms with van der Waals surface area (Å²) in [5, 5.41) is 15.7. The number of hydrogen-bond acceptors (Lipinski definition) is 8. The Hall–Kier alpha value is -5.31. The Bertz CT molecular complexity index is 1410. The topological polar surface area (TPSA) is 221 Å². The molecule has 0 aliphatic carbocycles. The molecule has 0 spiro atoms. The van der Waals surface area contributed by atoms with Crippen LogP contribution in [0.25, 0.3) is 0 Å². The van der Waals surface area contributed by atoms with E-state index in [0.717, 1.165) is 11.1 Å². The van der Waals surface area contributed by atoms with Gasteiger partial charge in [-0.3, -0.25) is 33.6 Å². The molecule has 1 heterocycles. The minimum absolute atomic E-state index is 0.0381. The number of nitrogens with two attached hydrogens (primary N) is 1. The van der Waals surface area contributed by atoms with Crippen molar-refractivity contribution in [1.29, 1.82) is 0 Å². The van der Waals surface area contributed by atoms with Crippen LogP contribution < -0.4 is 37.6 Å². The average Bonchev–Trinajstić information content (AvgIpc) is 3.08. The largest absolute Gasteiger partial charge is 0.368 e. The highest BCUT2D eigenvalue weighted by Gasteiger charge is 2.29. The molecule has 3 rings (SSSR count). The first-order valence-corrected chi connectivity index (χ1v) is 15.9. The average molecular weight is 665 g/mol. The molecular weight excluding hydrogens is 620 g/mol. The van der Waals surface area contributed by atoms with Crippen LogP contribution in [0.3, 0.4) is 0 Å². The molecule has 8 N–H and O–H groups in total. The van der Waals surface area contributed by atoms with E-state index in [1.54, 1.807) is 24.3 Å². The zero-order chi connectivity index (χ0) is 34.7. The van der Waals surface area contributed by atoms with Gasteiger partial charge >= 0.3 is 0 Å². The standard InChI is InChI=1S/C33H44N8O7/c34-32(47)26(18-24-11-5-2-6-12-24)41-16-15-36-27(42)13-7-8-14-35-25(17-23-9-3-1-4-10-23)33(48)40-21-30(45)38-19-28(43)37-20-29(44)39-22-31(41)46/h1-6,9-12,25-26,35H,7-8,13-22H2,(H2,34,47)(H,36,42)(H,37,43)(H,38,45)(H,39,44)(H,40,48)/t25-,26-/m0/s1. The van der Waals surface area contributed by atoms with Crippen LogP contribution in [-0.2, 0) is 46.4 Å². The molecular formula is C33H44N8O7. The van der Waals surface area contributed by atoms with Gasteiger partial charge in [-0.05, 0) is 36.9 Å². The molecule has 2 atom stereocenters. The number of nitrogens with zero attached hydrogens (tertiary/aromatic N) is 1. The number of primary amides is 1. The summed E-state index contributed by atoms with van der Waals surface area (Å²) in [6.07, 6.45) is 1.77. The molecule has 0 aromatic heterocycles. The van der Waals surface area contributed by atoms with Gasteiger partial charge < -0.3 is 42.5 Å². The molecule has 1 saturated heterocycles. The Morgan fingerprint density at radius 2 is 1.25 bits per heavy atom. The summed E-state index contributed by atoms with van der Waals surface area (Å²) in [7, 11) is 0. The van der Waals surface area contributed by atoms with Crippen LogP contribution in [0.5, 0.6) is 0 Å². The van der Waals surface area contributed by atoms with Gasteiger partial charge in [0.15, 0.2) is 0 Å². The SMILES string of the molecule is NC(=O)[C@H](Cc1ccccc1)N1CCNC(=O)CCCCN[C@@H](Cc2ccccc2)C(=O)NCC(=O)NCC(=O)NCC(=O)NCC1=O. The van der Waals surface area contributed by atoms with Crippen LogP contribution in [0, 0.1) is 0 Å². The van der Waals surface area contributed by atoms with Crippen molar-refractivity contribution in [1.82, 2.24) is 36.8 Å². The molecule has 0 unspecified atom stereocenters. The monoisotopic (exact) mass is 664 g/mol. The quantitative estimate of drug-likeness (QED) is 0.181. The maximum absolute atomic E-state index is 13.3. The first-order valence-electron chi connectivity index (χ1n) is 15.9. The van der Waals surface area contributed by atoms with Crippen LogP contribution in [0.15, 0.2) is 60.7 Å². The van der Waals surface area contributed by atoms with Crippen LogP contribution in [0.1, 0.15) is 30.4 Å². The molecule has 48 heavy (non-hydrogen) atoms. The highest BCUT2D eigenvalue weighted by atomic mass is 16.2. The van der Waals surface area contributed by atoms with Gasteiger partial charge in [0.1, 0.15) is 6.04 Å². The van der Waals surface area contributed by atoms with Crippen molar-refractivity contribution in [2.45, 2.75) is 44.2 Å². The number of amides is 7. The normalized spacial score (nSPS) is 19.4. The Labute approximate surface area is 279 Å². The van der Waals surface area contributed by atoms with Gasteiger partial charge in [0.25, 0.3) is 0 Å². The molecule has 15 nitrogen and oxygen atoms in total. The molecule has 258 valence electrons. The third kappa shape index (κ3) is 13.6. The van der Waals surface area contributed by atoms with Gasteiger partial charge in [-0.15, -0.1) is 0 Å². The first-order chi connectivity index (χ1) is 23.1. The Kier molecular flexibility index (Phi) is 15.5. The van der Waals surface area contributed by atoms with E-state index in [-0.39, 0.29) is 38.4 Å². The van der Waals surface area contributed by atoms with E-state index in [1.165, 1.54) is 4.90 Å². The Balaban J connectivity index is 1.69. The lowest BCUT2D eigenvalue weighted by molar-refractivity contribution is -0.139. The van der Waals surface area contributed by atoms with E-state index >= 15 is 0 Å². The second-order valence-electron chi connectivity index (χ2n) is 11.2. The van der Waals surface area contributed by atoms with E-state index in [9.17, 15) is 33.6 Å². The van der Waals surface area contributed by atoms with E-state index in [0.29, 0.717) is 25.8 Å². The summed E-state index contributed by atoms with van der Waals surface area (Å²) in [6, 6.07) is 16.6. The van der Waals surface area contributed by atoms with Crippen LogP contribution in [0.4, 0.5) is 0 Å². The van der Waals surface area contributed by atoms with Crippen LogP contribution in [-0.4, -0.2) is 104 Å². The molecule has 7 amide bonds. The van der Waals surface area contributed by atoms with E-state index in [4.69, 9.17) is 5.73 Å². The predicted octanol–water partition coefficient (Wildman–Crippen LogP) is -2.12. The summed E-state index contributed by atoms with van der Waals surface area (Å²) in [5.41, 5.74) is 7.38. The molecule has 0 saturated carbocycles. The lowest BCUT2D eigenvalue weighted by Gasteiger charge is -2.30. The molecule has 2 aromatic carbocycles. The van der Waals surface area contributed by atoms with Gasteiger partial charge in [-0.25, -0.2) is 0 Å². The van der Waals surface area contributed by atoms with Crippen molar-refractivity contribution in [2.24, 2.45) is 5.73 Å². The highest BCUT2D eigenvalue weighted by Crippen LogP contribution is 2.10. The van der Waals surface area contributed by atoms with Crippen molar-refractivity contribution in [3.05, 3.63) is 71.8 Å². The Morgan fingerprint density at radius 3 is 1.85 bits per heavy atom. The lowest BCUT2D eigenvalue weighted by Crippen LogP contribution is -2.54. The van der Waals surface area contributed by atoms with Gasteiger partial charge in [-0.2, -0.15) is 0 Å². The van der Waals surface area contributed by atoms with Gasteiger partial charge in [0.05, 0.1) is 32.2 Å². The summed E-state index contributed by atoms with van der Waals surface area (Å²) >= 11 is 0. The van der Waals surface area contributed by atoms with Gasteiger partial charge in [0.2, 0.25) is 41.4 Å². The lowest BCUT2D eigenvalue weighted by atomic mass is 10.0. The van der Waals surface area contributed by atoms with Crippen molar-refractivity contribution in [3.8, 4) is 0 Å². The fourth-order valence-corrected chi connectivity index (χ4v) is 4.97. The highest BCUT2D eigenvalue weighted by molar-refractivity contribution is 5.92. The number of nitrogens with one attached hydrogen (secondary N) is 6. The van der Waals surface area contributed by atoms with E-state index in [1.807, 2.05) is 36.4 Å². The summed E-state index contributed by atoms with van der Waals surface area (Å²) in [4.78, 5) is 89.5. The summed E-state index contributed by atoms with van der Waals surface area (Å²) < 4.78 is 0. The molecule has 0 radical (unpaired) electrons. The van der Waals surface area contributed by atoms with E-state index in [2.05, 4.69) is 31.9 Å². The Morgan fingerprint density at radius 1 is 0.688 bits per heavy atom. The van der Waals surface area contributed by atoms with Crippen LogP contribution >= 0.6 is 0 Å². The predicted molar refractivity (Wildman–Crippen MR) is 176 cm³/mol.